The third-order valence-electron chi connectivity index (χ3n) is 3.62. The van der Waals surface area contributed by atoms with Crippen LogP contribution < -0.4 is 4.74 Å². The Labute approximate surface area is 108 Å². The molecule has 0 saturated heterocycles. The van der Waals surface area contributed by atoms with Gasteiger partial charge in [0.05, 0.1) is 13.2 Å². The lowest BCUT2D eigenvalue weighted by atomic mass is 9.83. The standard InChI is InChI=1S/C14H19ClO2/c1-17-11-7-8-13(15)12(9-11)14(16)10-5-3-2-4-6-10/h7-10,14,16H,2-6H2,1H3. The number of hydrogen-bond acceptors (Lipinski definition) is 2. The van der Waals surface area contributed by atoms with E-state index in [4.69, 9.17) is 16.3 Å². The number of methoxy groups -OCH3 is 1. The molecule has 3 heteroatoms. The fourth-order valence-electron chi connectivity index (χ4n) is 2.58. The van der Waals surface area contributed by atoms with E-state index in [1.807, 2.05) is 12.1 Å². The summed E-state index contributed by atoms with van der Waals surface area (Å²) in [5.41, 5.74) is 0.804. The van der Waals surface area contributed by atoms with Gasteiger partial charge in [0.15, 0.2) is 0 Å². The van der Waals surface area contributed by atoms with Gasteiger partial charge in [-0.15, -0.1) is 0 Å². The Kier molecular flexibility index (Phi) is 4.30. The summed E-state index contributed by atoms with van der Waals surface area (Å²) in [6, 6.07) is 5.46. The van der Waals surface area contributed by atoms with Gasteiger partial charge in [0, 0.05) is 10.6 Å². The predicted octanol–water partition coefficient (Wildman–Crippen LogP) is 3.96. The van der Waals surface area contributed by atoms with E-state index in [1.54, 1.807) is 13.2 Å². The van der Waals surface area contributed by atoms with Crippen molar-refractivity contribution in [3.8, 4) is 5.75 Å². The second kappa shape index (κ2) is 5.74. The molecule has 0 bridgehead atoms. The first kappa shape index (κ1) is 12.7. The third-order valence-corrected chi connectivity index (χ3v) is 3.96. The second-order valence-corrected chi connectivity index (χ2v) is 5.14. The summed E-state index contributed by atoms with van der Waals surface area (Å²) < 4.78 is 5.18. The molecule has 1 aromatic rings. The quantitative estimate of drug-likeness (QED) is 0.885. The Morgan fingerprint density at radius 2 is 2.00 bits per heavy atom. The number of rotatable bonds is 3. The Balaban J connectivity index is 2.19. The molecule has 1 fully saturated rings. The van der Waals surface area contributed by atoms with Crippen molar-refractivity contribution in [3.63, 3.8) is 0 Å². The van der Waals surface area contributed by atoms with Crippen molar-refractivity contribution in [1.82, 2.24) is 0 Å². The molecular weight excluding hydrogens is 236 g/mol. The first-order valence-corrected chi connectivity index (χ1v) is 6.61. The van der Waals surface area contributed by atoms with Gasteiger partial charge in [0.1, 0.15) is 5.75 Å². The molecule has 2 nitrogen and oxygen atoms in total. The molecule has 94 valence electrons. The number of aliphatic hydroxyl groups excluding tert-OH is 1. The minimum atomic E-state index is -0.460. The number of halogens is 1. The van der Waals surface area contributed by atoms with Crippen LogP contribution in [0.4, 0.5) is 0 Å². The molecule has 2 rings (SSSR count). The summed E-state index contributed by atoms with van der Waals surface area (Å²) in [5.74, 6) is 1.09. The zero-order chi connectivity index (χ0) is 12.3. The van der Waals surface area contributed by atoms with Gasteiger partial charge in [0.25, 0.3) is 0 Å². The molecule has 0 aliphatic heterocycles. The molecule has 1 N–H and O–H groups in total. The van der Waals surface area contributed by atoms with Crippen molar-refractivity contribution < 1.29 is 9.84 Å². The smallest absolute Gasteiger partial charge is 0.119 e. The van der Waals surface area contributed by atoms with Crippen LogP contribution in [-0.2, 0) is 0 Å². The topological polar surface area (TPSA) is 29.5 Å². The molecule has 1 aliphatic carbocycles. The summed E-state index contributed by atoms with van der Waals surface area (Å²) in [6.07, 6.45) is 5.43. The molecule has 0 amide bonds. The van der Waals surface area contributed by atoms with Crippen molar-refractivity contribution in [1.29, 1.82) is 0 Å². The van der Waals surface area contributed by atoms with Crippen molar-refractivity contribution >= 4 is 11.6 Å². The Morgan fingerprint density at radius 1 is 1.29 bits per heavy atom. The van der Waals surface area contributed by atoms with Crippen LogP contribution in [0, 0.1) is 5.92 Å². The summed E-state index contributed by atoms with van der Waals surface area (Å²) in [6.45, 7) is 0. The zero-order valence-electron chi connectivity index (χ0n) is 10.2. The van der Waals surface area contributed by atoms with E-state index >= 15 is 0 Å². The highest BCUT2D eigenvalue weighted by Crippen LogP contribution is 2.38. The van der Waals surface area contributed by atoms with Crippen LogP contribution in [0.5, 0.6) is 5.75 Å². The van der Waals surface area contributed by atoms with Crippen molar-refractivity contribution in [2.45, 2.75) is 38.2 Å². The average Bonchev–Trinajstić information content (AvgIpc) is 2.39. The first-order chi connectivity index (χ1) is 8.22. The summed E-state index contributed by atoms with van der Waals surface area (Å²) >= 11 is 6.15. The highest BCUT2D eigenvalue weighted by atomic mass is 35.5. The van der Waals surface area contributed by atoms with Gasteiger partial charge in [0.2, 0.25) is 0 Å². The molecule has 1 aliphatic rings. The molecule has 0 radical (unpaired) electrons. The Hall–Kier alpha value is -0.730. The fourth-order valence-corrected chi connectivity index (χ4v) is 2.81. The van der Waals surface area contributed by atoms with Gasteiger partial charge in [-0.1, -0.05) is 30.9 Å². The lowest BCUT2D eigenvalue weighted by Crippen LogP contribution is -2.16. The van der Waals surface area contributed by atoms with Crippen molar-refractivity contribution in [2.24, 2.45) is 5.92 Å². The molecule has 0 spiro atoms. The van der Waals surface area contributed by atoms with Crippen molar-refractivity contribution in [3.05, 3.63) is 28.8 Å². The summed E-state index contributed by atoms with van der Waals surface area (Å²) in [5, 5.41) is 11.0. The van der Waals surface area contributed by atoms with E-state index in [-0.39, 0.29) is 0 Å². The van der Waals surface area contributed by atoms with Gasteiger partial charge in [-0.05, 0) is 37.0 Å². The summed E-state index contributed by atoms with van der Waals surface area (Å²) in [7, 11) is 1.63. The maximum absolute atomic E-state index is 10.4. The summed E-state index contributed by atoms with van der Waals surface area (Å²) in [4.78, 5) is 0. The lowest BCUT2D eigenvalue weighted by Gasteiger charge is -2.27. The van der Waals surface area contributed by atoms with Crippen LogP contribution in [0.3, 0.4) is 0 Å². The van der Waals surface area contributed by atoms with Crippen LogP contribution in [0.15, 0.2) is 18.2 Å². The van der Waals surface area contributed by atoms with Crippen LogP contribution in [0.25, 0.3) is 0 Å². The normalized spacial score (nSPS) is 19.0. The second-order valence-electron chi connectivity index (χ2n) is 4.73. The van der Waals surface area contributed by atoms with Crippen LogP contribution in [0.2, 0.25) is 5.02 Å². The van der Waals surface area contributed by atoms with Crippen LogP contribution in [-0.4, -0.2) is 12.2 Å². The Morgan fingerprint density at radius 3 is 2.65 bits per heavy atom. The predicted molar refractivity (Wildman–Crippen MR) is 69.5 cm³/mol. The number of ether oxygens (including phenoxy) is 1. The SMILES string of the molecule is COc1ccc(Cl)c(C(O)C2CCCCC2)c1. The molecular formula is C14H19ClO2. The van der Waals surface area contributed by atoms with Crippen LogP contribution >= 0.6 is 11.6 Å². The van der Waals surface area contributed by atoms with E-state index in [0.29, 0.717) is 10.9 Å². The van der Waals surface area contributed by atoms with Crippen molar-refractivity contribution in [2.75, 3.05) is 7.11 Å². The molecule has 1 aromatic carbocycles. The third kappa shape index (κ3) is 2.93. The lowest BCUT2D eigenvalue weighted by molar-refractivity contribution is 0.0847. The first-order valence-electron chi connectivity index (χ1n) is 6.24. The molecule has 1 unspecified atom stereocenters. The van der Waals surface area contributed by atoms with E-state index < -0.39 is 6.10 Å². The number of hydrogen-bond donors (Lipinski definition) is 1. The zero-order valence-corrected chi connectivity index (χ0v) is 10.9. The molecule has 1 atom stereocenters. The van der Waals surface area contributed by atoms with Gasteiger partial charge in [-0.3, -0.25) is 0 Å². The fraction of sp³-hybridized carbons (Fsp3) is 0.571. The molecule has 1 saturated carbocycles. The maximum Gasteiger partial charge on any atom is 0.119 e. The average molecular weight is 255 g/mol. The highest BCUT2D eigenvalue weighted by molar-refractivity contribution is 6.31. The largest absolute Gasteiger partial charge is 0.497 e. The van der Waals surface area contributed by atoms with Gasteiger partial charge < -0.3 is 9.84 Å². The van der Waals surface area contributed by atoms with Gasteiger partial charge in [-0.2, -0.15) is 0 Å². The molecule has 0 heterocycles. The number of aliphatic hydroxyl groups is 1. The van der Waals surface area contributed by atoms with Crippen LogP contribution in [0.1, 0.15) is 43.8 Å². The van der Waals surface area contributed by atoms with Gasteiger partial charge in [-0.25, -0.2) is 0 Å². The minimum absolute atomic E-state index is 0.341. The van der Waals surface area contributed by atoms with E-state index in [1.165, 1.54) is 19.3 Å². The van der Waals surface area contributed by atoms with Gasteiger partial charge >= 0.3 is 0 Å². The number of benzene rings is 1. The molecule has 17 heavy (non-hydrogen) atoms. The van der Waals surface area contributed by atoms with E-state index in [0.717, 1.165) is 24.2 Å². The highest BCUT2D eigenvalue weighted by Gasteiger charge is 2.24. The van der Waals surface area contributed by atoms with E-state index in [2.05, 4.69) is 0 Å². The Bertz CT molecular complexity index is 372. The monoisotopic (exact) mass is 254 g/mol. The molecule has 0 aromatic heterocycles. The maximum atomic E-state index is 10.4. The van der Waals surface area contributed by atoms with E-state index in [9.17, 15) is 5.11 Å². The minimum Gasteiger partial charge on any atom is -0.497 e.